The molecule has 0 aliphatic carbocycles. The van der Waals surface area contributed by atoms with Gasteiger partial charge in [0.2, 0.25) is 0 Å². The Bertz CT molecular complexity index is 653. The Hall–Kier alpha value is -1.86. The van der Waals surface area contributed by atoms with Crippen LogP contribution in [-0.4, -0.2) is 40.2 Å². The maximum Gasteiger partial charge on any atom is 0.317 e. The number of imidazole rings is 1. The van der Waals surface area contributed by atoms with Crippen LogP contribution in [0.15, 0.2) is 29.2 Å². The smallest absolute Gasteiger partial charge is 0.317 e. The Kier molecular flexibility index (Phi) is 5.52. The topological polar surface area (TPSA) is 59.4 Å². The fraction of sp³-hybridized carbons (Fsp3) is 0.529. The molecule has 0 bridgehead atoms. The number of aromatic nitrogens is 2. The Morgan fingerprint density at radius 1 is 1.54 bits per heavy atom. The molecule has 6 nitrogen and oxygen atoms in total. The third kappa shape index (κ3) is 4.15. The summed E-state index contributed by atoms with van der Waals surface area (Å²) in [6, 6.07) is 2.00. The molecule has 1 atom stereocenters. The average molecular weight is 348 g/mol. The van der Waals surface area contributed by atoms with E-state index >= 15 is 0 Å². The lowest BCUT2D eigenvalue weighted by Gasteiger charge is -2.32. The molecule has 2 aromatic rings. The molecular weight excluding hydrogens is 324 g/mol. The summed E-state index contributed by atoms with van der Waals surface area (Å²) in [6.07, 6.45) is 3.72. The average Bonchev–Trinajstić information content (AvgIpc) is 3.24. The standard InChI is InChI=1S/C17H24N4O2S/c1-13(2)10-20-5-4-18-16(20)9-19-17(22)21-6-7-23-15(11-21)14-3-8-24-12-14/h3-5,8,12-13,15H,6-7,9-11H2,1-2H3,(H,19,22)/t15-/m0/s1. The highest BCUT2D eigenvalue weighted by Crippen LogP contribution is 2.24. The monoisotopic (exact) mass is 348 g/mol. The van der Waals surface area contributed by atoms with E-state index in [9.17, 15) is 4.79 Å². The van der Waals surface area contributed by atoms with E-state index in [0.29, 0.717) is 32.2 Å². The van der Waals surface area contributed by atoms with Crippen molar-refractivity contribution < 1.29 is 9.53 Å². The molecule has 2 aromatic heterocycles. The van der Waals surface area contributed by atoms with E-state index in [0.717, 1.165) is 17.9 Å². The second kappa shape index (κ2) is 7.81. The first-order valence-electron chi connectivity index (χ1n) is 8.30. The number of carbonyl (C=O) groups is 1. The molecule has 3 heterocycles. The molecule has 1 fully saturated rings. The predicted octanol–water partition coefficient (Wildman–Crippen LogP) is 2.88. The Morgan fingerprint density at radius 3 is 3.17 bits per heavy atom. The zero-order chi connectivity index (χ0) is 16.9. The van der Waals surface area contributed by atoms with Gasteiger partial charge in [-0.1, -0.05) is 13.8 Å². The van der Waals surface area contributed by atoms with Gasteiger partial charge in [-0.25, -0.2) is 9.78 Å². The SMILES string of the molecule is CC(C)Cn1ccnc1CNC(=O)N1CCO[C@H](c2ccsc2)C1. The van der Waals surface area contributed by atoms with E-state index in [-0.39, 0.29) is 12.1 Å². The van der Waals surface area contributed by atoms with E-state index in [1.54, 1.807) is 17.5 Å². The lowest BCUT2D eigenvalue weighted by atomic mass is 10.1. The zero-order valence-electron chi connectivity index (χ0n) is 14.1. The normalized spacial score (nSPS) is 18.1. The van der Waals surface area contributed by atoms with Crippen molar-refractivity contribution in [2.45, 2.75) is 33.0 Å². The van der Waals surface area contributed by atoms with Crippen molar-refractivity contribution in [2.75, 3.05) is 19.7 Å². The number of thiophene rings is 1. The fourth-order valence-corrected chi connectivity index (χ4v) is 3.53. The van der Waals surface area contributed by atoms with Gasteiger partial charge in [-0.15, -0.1) is 0 Å². The molecule has 24 heavy (non-hydrogen) atoms. The lowest BCUT2D eigenvalue weighted by Crippen LogP contribution is -2.47. The molecule has 2 amide bonds. The number of nitrogens with one attached hydrogen (secondary N) is 1. The molecule has 130 valence electrons. The number of rotatable bonds is 5. The van der Waals surface area contributed by atoms with Crippen LogP contribution in [0.3, 0.4) is 0 Å². The minimum atomic E-state index is -0.0578. The van der Waals surface area contributed by atoms with Gasteiger partial charge in [0.15, 0.2) is 0 Å². The summed E-state index contributed by atoms with van der Waals surface area (Å²) in [5, 5.41) is 7.10. The van der Waals surface area contributed by atoms with Gasteiger partial charge in [0.1, 0.15) is 11.9 Å². The van der Waals surface area contributed by atoms with E-state index < -0.39 is 0 Å². The minimum absolute atomic E-state index is 0.0290. The number of ether oxygens (including phenoxy) is 1. The fourth-order valence-electron chi connectivity index (χ4n) is 2.83. The van der Waals surface area contributed by atoms with Gasteiger partial charge in [-0.05, 0) is 28.3 Å². The highest BCUT2D eigenvalue weighted by Gasteiger charge is 2.25. The number of hydrogen-bond acceptors (Lipinski definition) is 4. The molecular formula is C17H24N4O2S. The van der Waals surface area contributed by atoms with Crippen molar-refractivity contribution in [3.05, 3.63) is 40.6 Å². The molecule has 0 saturated carbocycles. The molecule has 0 unspecified atom stereocenters. The summed E-state index contributed by atoms with van der Waals surface area (Å²) in [5.41, 5.74) is 1.14. The molecule has 7 heteroatoms. The van der Waals surface area contributed by atoms with Gasteiger partial charge in [-0.3, -0.25) is 0 Å². The molecule has 0 aromatic carbocycles. The third-order valence-electron chi connectivity index (χ3n) is 4.03. The maximum atomic E-state index is 12.5. The van der Waals surface area contributed by atoms with Gasteiger partial charge in [0, 0.05) is 25.5 Å². The van der Waals surface area contributed by atoms with Crippen LogP contribution in [0.5, 0.6) is 0 Å². The van der Waals surface area contributed by atoms with Gasteiger partial charge < -0.3 is 19.5 Å². The minimum Gasteiger partial charge on any atom is -0.370 e. The molecule has 1 aliphatic heterocycles. The molecule has 1 saturated heterocycles. The molecule has 3 rings (SSSR count). The second-order valence-corrected chi connectivity index (χ2v) is 7.19. The second-order valence-electron chi connectivity index (χ2n) is 6.41. The van der Waals surface area contributed by atoms with Crippen LogP contribution in [0.4, 0.5) is 4.79 Å². The van der Waals surface area contributed by atoms with Crippen molar-refractivity contribution in [2.24, 2.45) is 5.92 Å². The number of amides is 2. The number of hydrogen-bond donors (Lipinski definition) is 1. The quantitative estimate of drug-likeness (QED) is 0.904. The van der Waals surface area contributed by atoms with Crippen LogP contribution >= 0.6 is 11.3 Å². The van der Waals surface area contributed by atoms with Crippen LogP contribution in [0, 0.1) is 5.92 Å². The largest absolute Gasteiger partial charge is 0.370 e. The lowest BCUT2D eigenvalue weighted by molar-refractivity contribution is -0.0152. The van der Waals surface area contributed by atoms with Crippen LogP contribution in [0.1, 0.15) is 31.3 Å². The summed E-state index contributed by atoms with van der Waals surface area (Å²) in [7, 11) is 0. The summed E-state index contributed by atoms with van der Waals surface area (Å²) in [5.74, 6) is 1.43. The maximum absolute atomic E-state index is 12.5. The van der Waals surface area contributed by atoms with Gasteiger partial charge >= 0.3 is 6.03 Å². The predicted molar refractivity (Wildman–Crippen MR) is 93.9 cm³/mol. The van der Waals surface area contributed by atoms with Gasteiger partial charge in [0.25, 0.3) is 0 Å². The summed E-state index contributed by atoms with van der Waals surface area (Å²) in [4.78, 5) is 18.6. The first kappa shape index (κ1) is 17.0. The van der Waals surface area contributed by atoms with Crippen molar-refractivity contribution >= 4 is 17.4 Å². The van der Waals surface area contributed by atoms with Gasteiger partial charge in [0.05, 0.1) is 19.7 Å². The van der Waals surface area contributed by atoms with Crippen molar-refractivity contribution in [3.8, 4) is 0 Å². The molecule has 1 aliphatic rings. The third-order valence-corrected chi connectivity index (χ3v) is 4.73. The van der Waals surface area contributed by atoms with E-state index in [1.807, 2.05) is 16.5 Å². The first-order chi connectivity index (χ1) is 11.6. The molecule has 0 radical (unpaired) electrons. The van der Waals surface area contributed by atoms with Crippen molar-refractivity contribution in [3.63, 3.8) is 0 Å². The summed E-state index contributed by atoms with van der Waals surface area (Å²) in [6.45, 7) is 7.45. The summed E-state index contributed by atoms with van der Waals surface area (Å²) < 4.78 is 7.88. The number of nitrogens with zero attached hydrogens (tertiary/aromatic N) is 3. The highest BCUT2D eigenvalue weighted by molar-refractivity contribution is 7.07. The number of urea groups is 1. The summed E-state index contributed by atoms with van der Waals surface area (Å²) >= 11 is 1.65. The highest BCUT2D eigenvalue weighted by atomic mass is 32.1. The van der Waals surface area contributed by atoms with Crippen LogP contribution in [0.2, 0.25) is 0 Å². The van der Waals surface area contributed by atoms with Crippen molar-refractivity contribution in [1.29, 1.82) is 0 Å². The Labute approximate surface area is 146 Å². The van der Waals surface area contributed by atoms with Crippen LogP contribution in [-0.2, 0) is 17.8 Å². The van der Waals surface area contributed by atoms with Gasteiger partial charge in [-0.2, -0.15) is 11.3 Å². The number of morpholine rings is 1. The van der Waals surface area contributed by atoms with Crippen LogP contribution < -0.4 is 5.32 Å². The van der Waals surface area contributed by atoms with E-state index in [2.05, 4.69) is 40.2 Å². The zero-order valence-corrected chi connectivity index (χ0v) is 15.0. The van der Waals surface area contributed by atoms with E-state index in [1.165, 1.54) is 0 Å². The number of carbonyl (C=O) groups excluding carboxylic acids is 1. The van der Waals surface area contributed by atoms with Crippen LogP contribution in [0.25, 0.3) is 0 Å². The Morgan fingerprint density at radius 2 is 2.42 bits per heavy atom. The molecule has 1 N–H and O–H groups in total. The first-order valence-corrected chi connectivity index (χ1v) is 9.24. The Balaban J connectivity index is 1.54. The molecule has 0 spiro atoms. The van der Waals surface area contributed by atoms with Crippen molar-refractivity contribution in [1.82, 2.24) is 19.8 Å². The van der Waals surface area contributed by atoms with E-state index in [4.69, 9.17) is 4.74 Å².